The van der Waals surface area contributed by atoms with E-state index in [-0.39, 0.29) is 0 Å². The molecule has 76 valence electrons. The number of carboxylic acid groups (broad SMARTS) is 1. The van der Waals surface area contributed by atoms with Crippen LogP contribution < -0.4 is 5.32 Å². The highest BCUT2D eigenvalue weighted by molar-refractivity contribution is 5.78. The van der Waals surface area contributed by atoms with Gasteiger partial charge >= 0.3 is 5.97 Å². The molecule has 0 spiro atoms. The van der Waals surface area contributed by atoms with Crippen LogP contribution in [0, 0.1) is 11.8 Å². The molecule has 0 saturated carbocycles. The molecule has 2 atom stereocenters. The minimum atomic E-state index is -0.723. The van der Waals surface area contributed by atoms with Crippen molar-refractivity contribution in [1.82, 2.24) is 5.32 Å². The predicted octanol–water partition coefficient (Wildman–Crippen LogP) is 1.49. The molecule has 1 fully saturated rings. The Bertz CT molecular complexity index is 203. The number of hydrogen-bond acceptors (Lipinski definition) is 2. The molecule has 3 heteroatoms. The van der Waals surface area contributed by atoms with Gasteiger partial charge in [0.15, 0.2) is 0 Å². The number of aliphatic carboxylic acids is 1. The van der Waals surface area contributed by atoms with Gasteiger partial charge in [-0.1, -0.05) is 13.8 Å². The summed E-state index contributed by atoms with van der Waals surface area (Å²) in [5.74, 6) is 0.461. The van der Waals surface area contributed by atoms with Crippen molar-refractivity contribution in [2.75, 3.05) is 6.54 Å². The van der Waals surface area contributed by atoms with Gasteiger partial charge in [-0.15, -0.1) is 0 Å². The van der Waals surface area contributed by atoms with E-state index in [0.717, 1.165) is 19.4 Å². The van der Waals surface area contributed by atoms with E-state index >= 15 is 0 Å². The Kier molecular flexibility index (Phi) is 2.96. The van der Waals surface area contributed by atoms with Gasteiger partial charge < -0.3 is 10.4 Å². The number of carbonyl (C=O) groups is 1. The number of nitrogens with one attached hydrogen (secondary N) is 1. The summed E-state index contributed by atoms with van der Waals surface area (Å²) in [5, 5.41) is 12.1. The van der Waals surface area contributed by atoms with Crippen molar-refractivity contribution >= 4 is 5.97 Å². The fraction of sp³-hybridized carbons (Fsp3) is 0.900. The molecule has 0 radical (unpaired) electrons. The highest BCUT2D eigenvalue weighted by Gasteiger charge is 2.40. The Morgan fingerprint density at radius 2 is 2.31 bits per heavy atom. The molecule has 13 heavy (non-hydrogen) atoms. The van der Waals surface area contributed by atoms with E-state index in [1.807, 2.05) is 0 Å². The first-order valence-corrected chi connectivity index (χ1v) is 4.92. The molecule has 1 aliphatic heterocycles. The van der Waals surface area contributed by atoms with Crippen LogP contribution in [0.2, 0.25) is 0 Å². The van der Waals surface area contributed by atoms with Crippen LogP contribution in [0.4, 0.5) is 0 Å². The largest absolute Gasteiger partial charge is 0.480 e. The standard InChI is InChI=1S/C10H19NO2/c1-7(2)4-8-5-10(3,9(12)13)11-6-8/h7-8,11H,4-6H2,1-3H3,(H,12,13). The van der Waals surface area contributed by atoms with Gasteiger partial charge in [0.1, 0.15) is 5.54 Å². The Morgan fingerprint density at radius 3 is 2.69 bits per heavy atom. The molecule has 1 rings (SSSR count). The van der Waals surface area contributed by atoms with Gasteiger partial charge in [-0.3, -0.25) is 4.79 Å². The first-order valence-electron chi connectivity index (χ1n) is 4.92. The topological polar surface area (TPSA) is 49.3 Å². The Balaban J connectivity index is 2.48. The molecular weight excluding hydrogens is 166 g/mol. The van der Waals surface area contributed by atoms with E-state index < -0.39 is 11.5 Å². The molecule has 2 N–H and O–H groups in total. The molecule has 0 aliphatic carbocycles. The summed E-state index contributed by atoms with van der Waals surface area (Å²) in [7, 11) is 0. The summed E-state index contributed by atoms with van der Waals surface area (Å²) in [5.41, 5.74) is -0.681. The quantitative estimate of drug-likeness (QED) is 0.700. The molecule has 0 aromatic carbocycles. The first kappa shape index (κ1) is 10.5. The minimum absolute atomic E-state index is 0.529. The van der Waals surface area contributed by atoms with Crippen molar-refractivity contribution in [3.63, 3.8) is 0 Å². The van der Waals surface area contributed by atoms with Crippen molar-refractivity contribution in [1.29, 1.82) is 0 Å². The fourth-order valence-corrected chi connectivity index (χ4v) is 2.09. The number of hydrogen-bond donors (Lipinski definition) is 2. The van der Waals surface area contributed by atoms with Crippen molar-refractivity contribution in [3.8, 4) is 0 Å². The van der Waals surface area contributed by atoms with E-state index in [9.17, 15) is 4.79 Å². The van der Waals surface area contributed by atoms with Crippen LogP contribution in [0.15, 0.2) is 0 Å². The van der Waals surface area contributed by atoms with Crippen molar-refractivity contribution in [2.45, 2.75) is 39.2 Å². The normalized spacial score (nSPS) is 34.0. The third-order valence-electron chi connectivity index (χ3n) is 2.75. The van der Waals surface area contributed by atoms with E-state index in [4.69, 9.17) is 5.11 Å². The third kappa shape index (κ3) is 2.44. The number of carboxylic acids is 1. The maximum Gasteiger partial charge on any atom is 0.323 e. The zero-order valence-electron chi connectivity index (χ0n) is 8.63. The lowest BCUT2D eigenvalue weighted by atomic mass is 9.89. The zero-order valence-corrected chi connectivity index (χ0v) is 8.63. The van der Waals surface area contributed by atoms with Gasteiger partial charge in [0, 0.05) is 0 Å². The Morgan fingerprint density at radius 1 is 1.69 bits per heavy atom. The maximum absolute atomic E-state index is 10.9. The summed E-state index contributed by atoms with van der Waals surface area (Å²) < 4.78 is 0. The summed E-state index contributed by atoms with van der Waals surface area (Å²) in [4.78, 5) is 10.9. The average Bonchev–Trinajstić information content (AvgIpc) is 2.32. The van der Waals surface area contributed by atoms with Gasteiger partial charge in [0.05, 0.1) is 0 Å². The van der Waals surface area contributed by atoms with E-state index in [2.05, 4.69) is 19.2 Å². The molecule has 2 unspecified atom stereocenters. The van der Waals surface area contributed by atoms with Gasteiger partial charge in [0.25, 0.3) is 0 Å². The first-order chi connectivity index (χ1) is 5.94. The van der Waals surface area contributed by atoms with Gasteiger partial charge in [-0.2, -0.15) is 0 Å². The maximum atomic E-state index is 10.9. The molecule has 1 saturated heterocycles. The van der Waals surface area contributed by atoms with Gasteiger partial charge in [0.2, 0.25) is 0 Å². The summed E-state index contributed by atoms with van der Waals surface area (Å²) in [6.45, 7) is 6.98. The van der Waals surface area contributed by atoms with Crippen LogP contribution >= 0.6 is 0 Å². The zero-order chi connectivity index (χ0) is 10.1. The highest BCUT2D eigenvalue weighted by Crippen LogP contribution is 2.28. The van der Waals surface area contributed by atoms with Crippen LogP contribution in [0.5, 0.6) is 0 Å². The Labute approximate surface area is 79.5 Å². The van der Waals surface area contributed by atoms with Crippen molar-refractivity contribution < 1.29 is 9.90 Å². The van der Waals surface area contributed by atoms with E-state index in [1.54, 1.807) is 6.92 Å². The van der Waals surface area contributed by atoms with Crippen molar-refractivity contribution in [2.24, 2.45) is 11.8 Å². The van der Waals surface area contributed by atoms with Gasteiger partial charge in [-0.05, 0) is 38.1 Å². The van der Waals surface area contributed by atoms with Crippen molar-refractivity contribution in [3.05, 3.63) is 0 Å². The SMILES string of the molecule is CC(C)CC1CNC(C)(C(=O)O)C1. The minimum Gasteiger partial charge on any atom is -0.480 e. The molecule has 0 amide bonds. The summed E-state index contributed by atoms with van der Waals surface area (Å²) >= 11 is 0. The van der Waals surface area contributed by atoms with Crippen LogP contribution in [-0.4, -0.2) is 23.2 Å². The van der Waals surface area contributed by atoms with E-state index in [1.165, 1.54) is 0 Å². The lowest BCUT2D eigenvalue weighted by Crippen LogP contribution is -2.44. The predicted molar refractivity (Wildman–Crippen MR) is 51.6 cm³/mol. The lowest BCUT2D eigenvalue weighted by molar-refractivity contribution is -0.143. The molecule has 1 aliphatic rings. The van der Waals surface area contributed by atoms with Crippen LogP contribution in [0.3, 0.4) is 0 Å². The van der Waals surface area contributed by atoms with Crippen LogP contribution in [0.25, 0.3) is 0 Å². The molecule has 0 aromatic heterocycles. The summed E-state index contributed by atoms with van der Waals surface area (Å²) in [6.07, 6.45) is 1.89. The fourth-order valence-electron chi connectivity index (χ4n) is 2.09. The monoisotopic (exact) mass is 185 g/mol. The highest BCUT2D eigenvalue weighted by atomic mass is 16.4. The molecular formula is C10H19NO2. The van der Waals surface area contributed by atoms with Crippen LogP contribution in [-0.2, 0) is 4.79 Å². The average molecular weight is 185 g/mol. The second-order valence-corrected chi connectivity index (χ2v) is 4.72. The van der Waals surface area contributed by atoms with Crippen LogP contribution in [0.1, 0.15) is 33.6 Å². The van der Waals surface area contributed by atoms with Gasteiger partial charge in [-0.25, -0.2) is 0 Å². The smallest absolute Gasteiger partial charge is 0.323 e. The second-order valence-electron chi connectivity index (χ2n) is 4.72. The molecule has 0 aromatic rings. The Hall–Kier alpha value is -0.570. The molecule has 1 heterocycles. The van der Waals surface area contributed by atoms with E-state index in [0.29, 0.717) is 11.8 Å². The molecule has 3 nitrogen and oxygen atoms in total. The number of rotatable bonds is 3. The molecule has 0 bridgehead atoms. The lowest BCUT2D eigenvalue weighted by Gasteiger charge is -2.18. The second kappa shape index (κ2) is 3.66. The third-order valence-corrected chi connectivity index (χ3v) is 2.75. The summed E-state index contributed by atoms with van der Waals surface area (Å²) in [6, 6.07) is 0.